The van der Waals surface area contributed by atoms with Crippen LogP contribution in [-0.2, 0) is 0 Å². The number of aromatic nitrogens is 3. The Morgan fingerprint density at radius 1 is 1.58 bits per heavy atom. The Labute approximate surface area is 115 Å². The van der Waals surface area contributed by atoms with Gasteiger partial charge in [0.2, 0.25) is 0 Å². The van der Waals surface area contributed by atoms with E-state index in [4.69, 9.17) is 0 Å². The van der Waals surface area contributed by atoms with Crippen LogP contribution in [0.3, 0.4) is 0 Å². The topological polar surface area (TPSA) is 82.7 Å². The standard InChI is InChI=1S/C12H17N5OS/c1-4-13-8(3)10-6-19-12(15-10)16-11(18)9-5-14-17-7(9)2/h5-6,8,13H,4H2,1-3H3,(H,14,17)(H,15,16,18). The zero-order valence-electron chi connectivity index (χ0n) is 11.2. The van der Waals surface area contributed by atoms with Crippen molar-refractivity contribution in [2.24, 2.45) is 0 Å². The van der Waals surface area contributed by atoms with E-state index >= 15 is 0 Å². The summed E-state index contributed by atoms with van der Waals surface area (Å²) in [6, 6.07) is 0.183. The fraction of sp³-hybridized carbons (Fsp3) is 0.417. The minimum atomic E-state index is -0.191. The van der Waals surface area contributed by atoms with E-state index in [1.165, 1.54) is 17.5 Å². The third-order valence-corrected chi connectivity index (χ3v) is 3.55. The predicted molar refractivity (Wildman–Crippen MR) is 75.5 cm³/mol. The summed E-state index contributed by atoms with van der Waals surface area (Å²) in [5.74, 6) is -0.191. The summed E-state index contributed by atoms with van der Waals surface area (Å²) in [6.45, 7) is 6.79. The lowest BCUT2D eigenvalue weighted by molar-refractivity contribution is 0.102. The fourth-order valence-electron chi connectivity index (χ4n) is 1.70. The molecule has 2 rings (SSSR count). The van der Waals surface area contributed by atoms with E-state index in [-0.39, 0.29) is 11.9 Å². The molecule has 0 saturated heterocycles. The number of rotatable bonds is 5. The van der Waals surface area contributed by atoms with Crippen LogP contribution in [0.15, 0.2) is 11.6 Å². The summed E-state index contributed by atoms with van der Waals surface area (Å²) in [6.07, 6.45) is 1.51. The van der Waals surface area contributed by atoms with Gasteiger partial charge in [0.25, 0.3) is 5.91 Å². The molecule has 0 radical (unpaired) electrons. The highest BCUT2D eigenvalue weighted by atomic mass is 32.1. The van der Waals surface area contributed by atoms with Crippen molar-refractivity contribution in [1.82, 2.24) is 20.5 Å². The van der Waals surface area contributed by atoms with Crippen LogP contribution in [0, 0.1) is 6.92 Å². The van der Waals surface area contributed by atoms with Gasteiger partial charge in [-0.3, -0.25) is 15.2 Å². The largest absolute Gasteiger partial charge is 0.309 e. The second-order valence-corrected chi connectivity index (χ2v) is 5.08. The van der Waals surface area contributed by atoms with Crippen molar-refractivity contribution in [3.05, 3.63) is 28.5 Å². The molecule has 0 aliphatic carbocycles. The zero-order chi connectivity index (χ0) is 13.8. The molecule has 2 aromatic rings. The molecule has 0 aliphatic rings. The molecule has 1 unspecified atom stereocenters. The number of anilines is 1. The summed E-state index contributed by atoms with van der Waals surface area (Å²) in [4.78, 5) is 16.4. The first-order chi connectivity index (χ1) is 9.11. The second-order valence-electron chi connectivity index (χ2n) is 4.22. The summed E-state index contributed by atoms with van der Waals surface area (Å²) < 4.78 is 0. The Morgan fingerprint density at radius 3 is 3.00 bits per heavy atom. The molecular weight excluding hydrogens is 262 g/mol. The number of nitrogens with one attached hydrogen (secondary N) is 3. The Kier molecular flexibility index (Phi) is 4.28. The third-order valence-electron chi connectivity index (χ3n) is 2.77. The number of thiazole rings is 1. The van der Waals surface area contributed by atoms with Crippen LogP contribution in [-0.4, -0.2) is 27.6 Å². The van der Waals surface area contributed by atoms with E-state index in [0.29, 0.717) is 10.7 Å². The van der Waals surface area contributed by atoms with Crippen LogP contribution in [0.25, 0.3) is 0 Å². The molecule has 0 aliphatic heterocycles. The minimum absolute atomic E-state index is 0.183. The molecule has 6 nitrogen and oxygen atoms in total. The maximum absolute atomic E-state index is 12.0. The summed E-state index contributed by atoms with van der Waals surface area (Å²) in [5, 5.41) is 15.2. The maximum Gasteiger partial charge on any atom is 0.260 e. The summed E-state index contributed by atoms with van der Waals surface area (Å²) >= 11 is 1.42. The molecule has 0 bridgehead atoms. The van der Waals surface area contributed by atoms with E-state index in [2.05, 4.69) is 25.8 Å². The number of aromatic amines is 1. The van der Waals surface area contributed by atoms with Crippen LogP contribution < -0.4 is 10.6 Å². The van der Waals surface area contributed by atoms with Gasteiger partial charge in [0.05, 0.1) is 17.5 Å². The number of carbonyl (C=O) groups is 1. The average Bonchev–Trinajstić information content (AvgIpc) is 2.98. The van der Waals surface area contributed by atoms with Gasteiger partial charge in [0.1, 0.15) is 0 Å². The lowest BCUT2D eigenvalue weighted by Gasteiger charge is -2.08. The number of carbonyl (C=O) groups excluding carboxylic acids is 1. The second kappa shape index (κ2) is 5.94. The van der Waals surface area contributed by atoms with E-state index in [9.17, 15) is 4.79 Å². The molecule has 1 atom stereocenters. The lowest BCUT2D eigenvalue weighted by Crippen LogP contribution is -2.18. The molecule has 19 heavy (non-hydrogen) atoms. The number of H-pyrrole nitrogens is 1. The SMILES string of the molecule is CCNC(C)c1csc(NC(=O)c2cn[nH]c2C)n1. The zero-order valence-corrected chi connectivity index (χ0v) is 12.0. The van der Waals surface area contributed by atoms with Crippen LogP contribution in [0.1, 0.15) is 41.6 Å². The molecule has 3 N–H and O–H groups in total. The Morgan fingerprint density at radius 2 is 2.37 bits per heavy atom. The Balaban J connectivity index is 2.04. The Hall–Kier alpha value is -1.73. The van der Waals surface area contributed by atoms with Crippen molar-refractivity contribution in [1.29, 1.82) is 0 Å². The number of hydrogen-bond acceptors (Lipinski definition) is 5. The first kappa shape index (κ1) is 13.7. The van der Waals surface area contributed by atoms with Crippen LogP contribution in [0.5, 0.6) is 0 Å². The molecule has 1 amide bonds. The first-order valence-corrected chi connectivity index (χ1v) is 7.00. The van der Waals surface area contributed by atoms with Crippen molar-refractivity contribution >= 4 is 22.4 Å². The van der Waals surface area contributed by atoms with E-state index < -0.39 is 0 Å². The summed E-state index contributed by atoms with van der Waals surface area (Å²) in [5.41, 5.74) is 2.22. The summed E-state index contributed by atoms with van der Waals surface area (Å²) in [7, 11) is 0. The quantitative estimate of drug-likeness (QED) is 0.782. The lowest BCUT2D eigenvalue weighted by atomic mass is 10.2. The molecule has 7 heteroatoms. The molecule has 2 aromatic heterocycles. The van der Waals surface area contributed by atoms with Gasteiger partial charge >= 0.3 is 0 Å². The van der Waals surface area contributed by atoms with Gasteiger partial charge in [-0.1, -0.05) is 6.92 Å². The highest BCUT2D eigenvalue weighted by Crippen LogP contribution is 2.21. The van der Waals surface area contributed by atoms with E-state index in [0.717, 1.165) is 17.9 Å². The van der Waals surface area contributed by atoms with Crippen LogP contribution in [0.4, 0.5) is 5.13 Å². The third kappa shape index (κ3) is 3.18. The first-order valence-electron chi connectivity index (χ1n) is 6.12. The highest BCUT2D eigenvalue weighted by Gasteiger charge is 2.14. The number of nitrogens with zero attached hydrogens (tertiary/aromatic N) is 2. The monoisotopic (exact) mass is 279 g/mol. The molecule has 0 fully saturated rings. The van der Waals surface area contributed by atoms with Gasteiger partial charge in [-0.25, -0.2) is 4.98 Å². The van der Waals surface area contributed by atoms with Gasteiger partial charge in [0, 0.05) is 17.1 Å². The molecule has 102 valence electrons. The molecular formula is C12H17N5OS. The van der Waals surface area contributed by atoms with Crippen molar-refractivity contribution in [2.45, 2.75) is 26.8 Å². The fourth-order valence-corrected chi connectivity index (χ4v) is 2.50. The average molecular weight is 279 g/mol. The number of amides is 1. The van der Waals surface area contributed by atoms with Crippen molar-refractivity contribution < 1.29 is 4.79 Å². The maximum atomic E-state index is 12.0. The van der Waals surface area contributed by atoms with Crippen molar-refractivity contribution in [2.75, 3.05) is 11.9 Å². The van der Waals surface area contributed by atoms with Crippen LogP contribution >= 0.6 is 11.3 Å². The van der Waals surface area contributed by atoms with E-state index in [1.807, 2.05) is 26.2 Å². The molecule has 0 spiro atoms. The highest BCUT2D eigenvalue weighted by molar-refractivity contribution is 7.14. The van der Waals surface area contributed by atoms with Crippen molar-refractivity contribution in [3.8, 4) is 0 Å². The smallest absolute Gasteiger partial charge is 0.260 e. The minimum Gasteiger partial charge on any atom is -0.309 e. The van der Waals surface area contributed by atoms with Gasteiger partial charge in [0.15, 0.2) is 5.13 Å². The number of hydrogen-bond donors (Lipinski definition) is 3. The van der Waals surface area contributed by atoms with Gasteiger partial charge in [-0.15, -0.1) is 11.3 Å². The van der Waals surface area contributed by atoms with Crippen molar-refractivity contribution in [3.63, 3.8) is 0 Å². The predicted octanol–water partition coefficient (Wildman–Crippen LogP) is 2.10. The number of aryl methyl sites for hydroxylation is 1. The normalized spacial score (nSPS) is 12.4. The van der Waals surface area contributed by atoms with Gasteiger partial charge < -0.3 is 5.32 Å². The molecule has 2 heterocycles. The molecule has 0 aromatic carbocycles. The van der Waals surface area contributed by atoms with Gasteiger partial charge in [-0.05, 0) is 20.4 Å². The van der Waals surface area contributed by atoms with E-state index in [1.54, 1.807) is 0 Å². The van der Waals surface area contributed by atoms with Crippen LogP contribution in [0.2, 0.25) is 0 Å². The van der Waals surface area contributed by atoms with Gasteiger partial charge in [-0.2, -0.15) is 5.10 Å². The Bertz CT molecular complexity index is 562. The molecule has 0 saturated carbocycles.